The first-order chi connectivity index (χ1) is 7.76. The van der Waals surface area contributed by atoms with Crippen LogP contribution >= 0.6 is 0 Å². The number of rotatable bonds is 4. The molecule has 2 N–H and O–H groups in total. The Balaban J connectivity index is 2.80. The van der Waals surface area contributed by atoms with Crippen molar-refractivity contribution in [3.05, 3.63) is 17.5 Å². The van der Waals surface area contributed by atoms with Gasteiger partial charge in [-0.2, -0.15) is 5.10 Å². The van der Waals surface area contributed by atoms with E-state index in [2.05, 4.69) is 5.10 Å². The van der Waals surface area contributed by atoms with Crippen LogP contribution < -0.4 is 5.73 Å². The number of carbonyl (C=O) groups is 1. The molecule has 5 nitrogen and oxygen atoms in total. The van der Waals surface area contributed by atoms with Gasteiger partial charge in [-0.1, -0.05) is 13.8 Å². The highest BCUT2D eigenvalue weighted by Gasteiger charge is 2.23. The molecule has 1 amide bonds. The van der Waals surface area contributed by atoms with Gasteiger partial charge in [-0.05, 0) is 24.9 Å². The van der Waals surface area contributed by atoms with Crippen molar-refractivity contribution in [3.8, 4) is 0 Å². The Labute approximate surface area is 103 Å². The fourth-order valence-electron chi connectivity index (χ4n) is 1.78. The normalized spacial score (nSPS) is 11.6. The van der Waals surface area contributed by atoms with E-state index in [9.17, 15) is 4.79 Å². The SMILES string of the molecule is Cc1cc(C(=O)N(C)CC(C)(C)CN)n(C)n1. The van der Waals surface area contributed by atoms with Gasteiger partial charge in [0, 0.05) is 20.6 Å². The van der Waals surface area contributed by atoms with Gasteiger partial charge in [0.15, 0.2) is 0 Å². The number of amides is 1. The van der Waals surface area contributed by atoms with Crippen LogP contribution in [0.2, 0.25) is 0 Å². The van der Waals surface area contributed by atoms with Crippen LogP contribution in [0.4, 0.5) is 0 Å². The minimum atomic E-state index is -0.0714. The van der Waals surface area contributed by atoms with Gasteiger partial charge >= 0.3 is 0 Å². The van der Waals surface area contributed by atoms with Crippen molar-refractivity contribution in [1.29, 1.82) is 0 Å². The quantitative estimate of drug-likeness (QED) is 0.843. The van der Waals surface area contributed by atoms with E-state index in [1.54, 1.807) is 29.7 Å². The average molecular weight is 238 g/mol. The molecule has 5 heteroatoms. The molecule has 0 aliphatic carbocycles. The van der Waals surface area contributed by atoms with E-state index in [0.717, 1.165) is 5.69 Å². The van der Waals surface area contributed by atoms with Crippen molar-refractivity contribution < 1.29 is 4.79 Å². The third kappa shape index (κ3) is 3.30. The largest absolute Gasteiger partial charge is 0.340 e. The summed E-state index contributed by atoms with van der Waals surface area (Å²) in [6.45, 7) is 7.15. The Morgan fingerprint density at radius 2 is 2.18 bits per heavy atom. The summed E-state index contributed by atoms with van der Waals surface area (Å²) in [5.41, 5.74) is 7.06. The highest BCUT2D eigenvalue weighted by molar-refractivity contribution is 5.92. The summed E-state index contributed by atoms with van der Waals surface area (Å²) in [6.07, 6.45) is 0. The molecule has 1 rings (SSSR count). The lowest BCUT2D eigenvalue weighted by atomic mass is 9.93. The standard InChI is InChI=1S/C12H22N4O/c1-9-6-10(16(5)14-9)11(17)15(4)8-12(2,3)7-13/h6H,7-8,13H2,1-5H3. The minimum absolute atomic E-state index is 0.0189. The van der Waals surface area contributed by atoms with Crippen molar-refractivity contribution in [2.24, 2.45) is 18.2 Å². The fourth-order valence-corrected chi connectivity index (χ4v) is 1.78. The third-order valence-electron chi connectivity index (χ3n) is 2.79. The van der Waals surface area contributed by atoms with E-state index in [1.165, 1.54) is 0 Å². The smallest absolute Gasteiger partial charge is 0.271 e. The van der Waals surface area contributed by atoms with Crippen LogP contribution in [-0.4, -0.2) is 40.7 Å². The second kappa shape index (κ2) is 4.87. The molecule has 0 fully saturated rings. The van der Waals surface area contributed by atoms with Crippen LogP contribution in [-0.2, 0) is 7.05 Å². The summed E-state index contributed by atoms with van der Waals surface area (Å²) in [4.78, 5) is 13.9. The van der Waals surface area contributed by atoms with Crippen molar-refractivity contribution in [1.82, 2.24) is 14.7 Å². The lowest BCUT2D eigenvalue weighted by Gasteiger charge is -2.28. The number of nitrogens with two attached hydrogens (primary N) is 1. The number of aromatic nitrogens is 2. The van der Waals surface area contributed by atoms with Gasteiger partial charge in [-0.15, -0.1) is 0 Å². The number of aryl methyl sites for hydroxylation is 2. The first-order valence-electron chi connectivity index (χ1n) is 5.73. The van der Waals surface area contributed by atoms with E-state index in [1.807, 2.05) is 20.8 Å². The zero-order valence-electron chi connectivity index (χ0n) is 11.3. The van der Waals surface area contributed by atoms with Crippen LogP contribution in [0.5, 0.6) is 0 Å². The predicted molar refractivity (Wildman–Crippen MR) is 67.7 cm³/mol. The summed E-state index contributed by atoms with van der Waals surface area (Å²) < 4.78 is 1.61. The zero-order chi connectivity index (χ0) is 13.2. The minimum Gasteiger partial charge on any atom is -0.340 e. The predicted octanol–water partition coefficient (Wildman–Crippen LogP) is 0.785. The van der Waals surface area contributed by atoms with E-state index in [4.69, 9.17) is 5.73 Å². The van der Waals surface area contributed by atoms with Gasteiger partial charge in [0.25, 0.3) is 5.91 Å². The molecule has 0 aromatic carbocycles. The monoisotopic (exact) mass is 238 g/mol. The van der Waals surface area contributed by atoms with E-state index in [-0.39, 0.29) is 11.3 Å². The van der Waals surface area contributed by atoms with Crippen LogP contribution in [0.1, 0.15) is 30.0 Å². The summed E-state index contributed by atoms with van der Waals surface area (Å²) in [6, 6.07) is 1.80. The van der Waals surface area contributed by atoms with Gasteiger partial charge in [0.05, 0.1) is 5.69 Å². The summed E-state index contributed by atoms with van der Waals surface area (Å²) >= 11 is 0. The topological polar surface area (TPSA) is 64.2 Å². The van der Waals surface area contributed by atoms with Crippen molar-refractivity contribution in [3.63, 3.8) is 0 Å². The Morgan fingerprint density at radius 1 is 1.59 bits per heavy atom. The molecule has 1 aromatic heterocycles. The molecular weight excluding hydrogens is 216 g/mol. The molecule has 0 unspecified atom stereocenters. The summed E-state index contributed by atoms with van der Waals surface area (Å²) in [5.74, 6) is -0.0189. The first-order valence-corrected chi connectivity index (χ1v) is 5.73. The molecule has 0 bridgehead atoms. The molecule has 0 spiro atoms. The number of hydrogen-bond acceptors (Lipinski definition) is 3. The molecule has 0 aliphatic rings. The molecule has 0 saturated heterocycles. The van der Waals surface area contributed by atoms with E-state index < -0.39 is 0 Å². The maximum Gasteiger partial charge on any atom is 0.271 e. The third-order valence-corrected chi connectivity index (χ3v) is 2.79. The lowest BCUT2D eigenvalue weighted by molar-refractivity contribution is 0.0729. The average Bonchev–Trinajstić information content (AvgIpc) is 2.56. The highest BCUT2D eigenvalue weighted by Crippen LogP contribution is 2.15. The molecular formula is C12H22N4O. The maximum atomic E-state index is 12.2. The van der Waals surface area contributed by atoms with Gasteiger partial charge in [0.1, 0.15) is 5.69 Å². The Hall–Kier alpha value is -1.36. The van der Waals surface area contributed by atoms with Crippen molar-refractivity contribution in [2.75, 3.05) is 20.1 Å². The fraction of sp³-hybridized carbons (Fsp3) is 0.667. The molecule has 96 valence electrons. The summed E-state index contributed by atoms with van der Waals surface area (Å²) in [5, 5.41) is 4.18. The van der Waals surface area contributed by atoms with Crippen LogP contribution in [0, 0.1) is 12.3 Å². The van der Waals surface area contributed by atoms with Gasteiger partial charge in [-0.3, -0.25) is 9.48 Å². The second-order valence-corrected chi connectivity index (χ2v) is 5.32. The Morgan fingerprint density at radius 3 is 2.59 bits per heavy atom. The maximum absolute atomic E-state index is 12.2. The van der Waals surface area contributed by atoms with Crippen LogP contribution in [0.25, 0.3) is 0 Å². The molecule has 1 aromatic rings. The van der Waals surface area contributed by atoms with Crippen molar-refractivity contribution in [2.45, 2.75) is 20.8 Å². The van der Waals surface area contributed by atoms with Crippen LogP contribution in [0.3, 0.4) is 0 Å². The molecule has 0 radical (unpaired) electrons. The molecule has 0 atom stereocenters. The van der Waals surface area contributed by atoms with E-state index in [0.29, 0.717) is 18.8 Å². The molecule has 17 heavy (non-hydrogen) atoms. The van der Waals surface area contributed by atoms with Crippen LogP contribution in [0.15, 0.2) is 6.07 Å². The highest BCUT2D eigenvalue weighted by atomic mass is 16.2. The lowest BCUT2D eigenvalue weighted by Crippen LogP contribution is -2.40. The van der Waals surface area contributed by atoms with Gasteiger partial charge < -0.3 is 10.6 Å². The Bertz CT molecular complexity index is 409. The number of nitrogens with zero attached hydrogens (tertiary/aromatic N) is 3. The van der Waals surface area contributed by atoms with Gasteiger partial charge in [-0.25, -0.2) is 0 Å². The number of hydrogen-bond donors (Lipinski definition) is 1. The summed E-state index contributed by atoms with van der Waals surface area (Å²) in [7, 11) is 3.57. The number of carbonyl (C=O) groups excluding carboxylic acids is 1. The Kier molecular flexibility index (Phi) is 3.93. The molecule has 0 saturated carbocycles. The molecule has 1 heterocycles. The molecule has 0 aliphatic heterocycles. The van der Waals surface area contributed by atoms with Gasteiger partial charge in [0.2, 0.25) is 0 Å². The van der Waals surface area contributed by atoms with E-state index >= 15 is 0 Å². The first kappa shape index (κ1) is 13.7. The zero-order valence-corrected chi connectivity index (χ0v) is 11.3. The second-order valence-electron chi connectivity index (χ2n) is 5.32. The van der Waals surface area contributed by atoms with Crippen molar-refractivity contribution >= 4 is 5.91 Å².